The number of rotatable bonds is 5. The van der Waals surface area contributed by atoms with Crippen molar-refractivity contribution in [1.82, 2.24) is 19.5 Å². The van der Waals surface area contributed by atoms with Crippen LogP contribution in [0.4, 0.5) is 5.82 Å². The Kier molecular flexibility index (Phi) is 6.10. The van der Waals surface area contributed by atoms with Crippen LogP contribution in [0.25, 0.3) is 11.2 Å². The second kappa shape index (κ2) is 9.42. The topological polar surface area (TPSA) is 117 Å². The minimum Gasteiger partial charge on any atom is -0.394 e. The van der Waals surface area contributed by atoms with Gasteiger partial charge in [-0.25, -0.2) is 4.98 Å². The fraction of sp³-hybridized carbons (Fsp3) is 0.346. The number of aliphatic hydroxyl groups excluding tert-OH is 3. The molecule has 10 heteroatoms. The SMILES string of the molecule is OC[C@H]1O[C@@H](n2cnc3c(N4CC(c5ccccc5)C(c5ccccc5)C4)nc(Cl)nc32)[C@H](O)[C@@H]1O. The molecule has 2 fully saturated rings. The summed E-state index contributed by atoms with van der Waals surface area (Å²) in [5.74, 6) is 1.08. The summed E-state index contributed by atoms with van der Waals surface area (Å²) in [6, 6.07) is 20.9. The fourth-order valence-electron chi connectivity index (χ4n) is 5.45. The van der Waals surface area contributed by atoms with Gasteiger partial charge in [0.15, 0.2) is 23.2 Å². The van der Waals surface area contributed by atoms with E-state index in [-0.39, 0.29) is 17.1 Å². The standard InChI is InChI=1S/C26H26ClN5O4/c27-26-29-23(20-24(30-26)32(14-28-20)25-22(35)21(34)19(13-33)36-25)31-11-17(15-7-3-1-4-8-15)18(12-31)16-9-5-2-6-10-16/h1-10,14,17-19,21-22,25,33-35H,11-13H2/t17?,18?,19-,21-,22-,25-/m1/s1. The first kappa shape index (κ1) is 23.3. The zero-order valence-electron chi connectivity index (χ0n) is 19.3. The maximum atomic E-state index is 10.5. The molecule has 36 heavy (non-hydrogen) atoms. The molecule has 0 amide bonds. The number of hydrogen-bond donors (Lipinski definition) is 3. The summed E-state index contributed by atoms with van der Waals surface area (Å²) >= 11 is 6.38. The lowest BCUT2D eigenvalue weighted by Crippen LogP contribution is -2.33. The molecular formula is C26H26ClN5O4. The van der Waals surface area contributed by atoms with Gasteiger partial charge in [0.05, 0.1) is 12.9 Å². The molecule has 2 unspecified atom stereocenters. The molecule has 2 saturated heterocycles. The van der Waals surface area contributed by atoms with Gasteiger partial charge in [-0.3, -0.25) is 4.57 Å². The lowest BCUT2D eigenvalue weighted by Gasteiger charge is -2.19. The zero-order chi connectivity index (χ0) is 24.8. The van der Waals surface area contributed by atoms with E-state index in [1.165, 1.54) is 22.0 Å². The third-order valence-electron chi connectivity index (χ3n) is 7.24. The Morgan fingerprint density at radius 3 is 2.06 bits per heavy atom. The number of halogens is 1. The van der Waals surface area contributed by atoms with Crippen molar-refractivity contribution in [3.8, 4) is 0 Å². The van der Waals surface area contributed by atoms with Crippen LogP contribution in [-0.4, -0.2) is 72.8 Å². The number of aliphatic hydroxyl groups is 3. The number of benzene rings is 2. The van der Waals surface area contributed by atoms with Gasteiger partial charge in [0, 0.05) is 24.9 Å². The van der Waals surface area contributed by atoms with E-state index < -0.39 is 31.1 Å². The lowest BCUT2D eigenvalue weighted by atomic mass is 9.84. The Morgan fingerprint density at radius 1 is 0.889 bits per heavy atom. The summed E-state index contributed by atoms with van der Waals surface area (Å²) in [6.45, 7) is 1.01. The van der Waals surface area contributed by atoms with E-state index in [1.807, 2.05) is 12.1 Å². The summed E-state index contributed by atoms with van der Waals surface area (Å²) in [4.78, 5) is 15.7. The highest BCUT2D eigenvalue weighted by Gasteiger charge is 2.44. The molecule has 6 atom stereocenters. The van der Waals surface area contributed by atoms with Crippen molar-refractivity contribution in [3.63, 3.8) is 0 Å². The molecule has 0 spiro atoms. The monoisotopic (exact) mass is 507 g/mol. The predicted molar refractivity (Wildman–Crippen MR) is 134 cm³/mol. The van der Waals surface area contributed by atoms with Gasteiger partial charge in [-0.15, -0.1) is 0 Å². The average molecular weight is 508 g/mol. The van der Waals surface area contributed by atoms with Crippen LogP contribution in [0.3, 0.4) is 0 Å². The first-order valence-electron chi connectivity index (χ1n) is 11.9. The van der Waals surface area contributed by atoms with Crippen LogP contribution in [0.2, 0.25) is 5.28 Å². The van der Waals surface area contributed by atoms with Crippen LogP contribution in [0.1, 0.15) is 29.2 Å². The number of nitrogens with zero attached hydrogens (tertiary/aromatic N) is 5. The second-order valence-corrected chi connectivity index (χ2v) is 9.65. The molecule has 186 valence electrons. The maximum absolute atomic E-state index is 10.5. The number of anilines is 1. The largest absolute Gasteiger partial charge is 0.394 e. The Balaban J connectivity index is 1.39. The molecule has 0 radical (unpaired) electrons. The van der Waals surface area contributed by atoms with E-state index in [9.17, 15) is 15.3 Å². The zero-order valence-corrected chi connectivity index (χ0v) is 20.1. The summed E-state index contributed by atoms with van der Waals surface area (Å²) in [5.41, 5.74) is 3.42. The lowest BCUT2D eigenvalue weighted by molar-refractivity contribution is -0.0511. The number of ether oxygens (including phenoxy) is 1. The van der Waals surface area contributed by atoms with Gasteiger partial charge < -0.3 is 25.0 Å². The van der Waals surface area contributed by atoms with Crippen LogP contribution in [0.15, 0.2) is 67.0 Å². The first-order chi connectivity index (χ1) is 17.5. The van der Waals surface area contributed by atoms with Crippen molar-refractivity contribution in [3.05, 3.63) is 83.4 Å². The highest BCUT2D eigenvalue weighted by molar-refractivity contribution is 6.28. The molecule has 0 saturated carbocycles. The van der Waals surface area contributed by atoms with Crippen molar-refractivity contribution in [2.75, 3.05) is 24.6 Å². The highest BCUT2D eigenvalue weighted by atomic mass is 35.5. The molecule has 3 N–H and O–H groups in total. The van der Waals surface area contributed by atoms with E-state index in [4.69, 9.17) is 16.3 Å². The molecule has 0 aliphatic carbocycles. The molecule has 4 heterocycles. The van der Waals surface area contributed by atoms with Gasteiger partial charge in [0.2, 0.25) is 5.28 Å². The van der Waals surface area contributed by atoms with Crippen molar-refractivity contribution in [1.29, 1.82) is 0 Å². The molecule has 0 bridgehead atoms. The predicted octanol–water partition coefficient (Wildman–Crippen LogP) is 2.48. The molecule has 6 rings (SSSR count). The Morgan fingerprint density at radius 2 is 1.50 bits per heavy atom. The van der Waals surface area contributed by atoms with Crippen molar-refractivity contribution in [2.45, 2.75) is 36.4 Å². The van der Waals surface area contributed by atoms with E-state index in [0.29, 0.717) is 30.1 Å². The van der Waals surface area contributed by atoms with Gasteiger partial charge in [0.25, 0.3) is 0 Å². The fourth-order valence-corrected chi connectivity index (χ4v) is 5.61. The van der Waals surface area contributed by atoms with Crippen LogP contribution >= 0.6 is 11.6 Å². The summed E-state index contributed by atoms with van der Waals surface area (Å²) < 4.78 is 7.24. The molecule has 2 aromatic carbocycles. The van der Waals surface area contributed by atoms with E-state index in [0.717, 1.165) is 0 Å². The Hall–Kier alpha value is -3.08. The molecule has 4 aromatic rings. The number of fused-ring (bicyclic) bond motifs is 1. The van der Waals surface area contributed by atoms with Gasteiger partial charge in [-0.05, 0) is 22.7 Å². The third-order valence-corrected chi connectivity index (χ3v) is 7.41. The summed E-state index contributed by atoms with van der Waals surface area (Å²) in [6.07, 6.45) is -2.86. The van der Waals surface area contributed by atoms with Gasteiger partial charge in [-0.2, -0.15) is 9.97 Å². The molecule has 9 nitrogen and oxygen atoms in total. The van der Waals surface area contributed by atoms with Gasteiger partial charge in [-0.1, -0.05) is 60.7 Å². The first-order valence-corrected chi connectivity index (χ1v) is 12.3. The number of hydrogen-bond acceptors (Lipinski definition) is 8. The quantitative estimate of drug-likeness (QED) is 0.353. The average Bonchev–Trinajstić information content (AvgIpc) is 3.61. The Labute approximate surface area is 212 Å². The Bertz CT molecular complexity index is 1310. The van der Waals surface area contributed by atoms with E-state index in [1.54, 1.807) is 0 Å². The highest BCUT2D eigenvalue weighted by Crippen LogP contribution is 2.42. The van der Waals surface area contributed by atoms with Crippen molar-refractivity contribution in [2.24, 2.45) is 0 Å². The van der Waals surface area contributed by atoms with Crippen LogP contribution < -0.4 is 4.90 Å². The second-order valence-electron chi connectivity index (χ2n) is 9.31. The molecular weight excluding hydrogens is 482 g/mol. The summed E-state index contributed by atoms with van der Waals surface area (Å²) in [5, 5.41) is 30.3. The molecule has 2 aromatic heterocycles. The smallest absolute Gasteiger partial charge is 0.226 e. The van der Waals surface area contributed by atoms with Crippen LogP contribution in [0.5, 0.6) is 0 Å². The van der Waals surface area contributed by atoms with Gasteiger partial charge in [0.1, 0.15) is 18.3 Å². The van der Waals surface area contributed by atoms with E-state index in [2.05, 4.69) is 68.4 Å². The minimum atomic E-state index is -1.26. The normalized spacial score (nSPS) is 28.3. The van der Waals surface area contributed by atoms with Crippen LogP contribution in [-0.2, 0) is 4.74 Å². The number of aromatic nitrogens is 4. The summed E-state index contributed by atoms with van der Waals surface area (Å²) in [7, 11) is 0. The molecule has 2 aliphatic heterocycles. The van der Waals surface area contributed by atoms with Gasteiger partial charge >= 0.3 is 0 Å². The maximum Gasteiger partial charge on any atom is 0.226 e. The van der Waals surface area contributed by atoms with E-state index >= 15 is 0 Å². The van der Waals surface area contributed by atoms with Crippen molar-refractivity contribution >= 4 is 28.6 Å². The van der Waals surface area contributed by atoms with Crippen molar-refractivity contribution < 1.29 is 20.1 Å². The third kappa shape index (κ3) is 3.93. The van der Waals surface area contributed by atoms with Crippen LogP contribution in [0, 0.1) is 0 Å². The number of imidazole rings is 1. The minimum absolute atomic E-state index is 0.0467. The molecule has 2 aliphatic rings.